The first kappa shape index (κ1) is 16.4. The van der Waals surface area contributed by atoms with Gasteiger partial charge in [-0.1, -0.05) is 24.6 Å². The Morgan fingerprint density at radius 3 is 2.63 bits per heavy atom. The minimum Gasteiger partial charge on any atom is -0.313 e. The SMILES string of the molecule is CCCNC(Cc1ccc(F)cc1Cl)CS(C)(=O)=O. The van der Waals surface area contributed by atoms with Crippen molar-refractivity contribution in [2.45, 2.75) is 25.8 Å². The molecule has 0 bridgehead atoms. The number of rotatable bonds is 7. The highest BCUT2D eigenvalue weighted by molar-refractivity contribution is 7.90. The van der Waals surface area contributed by atoms with E-state index in [1.807, 2.05) is 6.92 Å². The molecule has 0 aliphatic rings. The molecule has 1 N–H and O–H groups in total. The van der Waals surface area contributed by atoms with E-state index in [-0.39, 0.29) is 11.8 Å². The van der Waals surface area contributed by atoms with E-state index in [1.54, 1.807) is 6.07 Å². The Morgan fingerprint density at radius 1 is 1.42 bits per heavy atom. The summed E-state index contributed by atoms with van der Waals surface area (Å²) in [7, 11) is -3.07. The molecule has 0 heterocycles. The standard InChI is InChI=1S/C13H19ClFNO2S/c1-3-6-16-12(9-19(2,17)18)7-10-4-5-11(15)8-13(10)14/h4-5,8,12,16H,3,6-7,9H2,1-2H3. The van der Waals surface area contributed by atoms with Crippen LogP contribution in [0.5, 0.6) is 0 Å². The first-order chi connectivity index (χ1) is 8.81. The Hall–Kier alpha value is -0.650. The quantitative estimate of drug-likeness (QED) is 0.841. The molecule has 1 aromatic carbocycles. The molecule has 1 atom stereocenters. The van der Waals surface area contributed by atoms with Gasteiger partial charge in [0, 0.05) is 17.3 Å². The fraction of sp³-hybridized carbons (Fsp3) is 0.538. The van der Waals surface area contributed by atoms with Gasteiger partial charge in [-0.3, -0.25) is 0 Å². The minimum absolute atomic E-state index is 0.0424. The van der Waals surface area contributed by atoms with Crippen molar-refractivity contribution >= 4 is 21.4 Å². The summed E-state index contributed by atoms with van der Waals surface area (Å²) in [5.41, 5.74) is 0.750. The smallest absolute Gasteiger partial charge is 0.148 e. The fourth-order valence-electron chi connectivity index (χ4n) is 1.86. The highest BCUT2D eigenvalue weighted by atomic mass is 35.5. The van der Waals surface area contributed by atoms with Gasteiger partial charge >= 0.3 is 0 Å². The Kier molecular flexibility index (Phi) is 6.23. The van der Waals surface area contributed by atoms with Crippen LogP contribution in [0.2, 0.25) is 5.02 Å². The molecule has 0 radical (unpaired) electrons. The fourth-order valence-corrected chi connectivity index (χ4v) is 3.07. The first-order valence-electron chi connectivity index (χ1n) is 6.17. The Bertz CT molecular complexity index is 519. The third kappa shape index (κ3) is 6.36. The molecule has 0 amide bonds. The number of halogens is 2. The number of hydrogen-bond acceptors (Lipinski definition) is 3. The number of nitrogens with one attached hydrogen (secondary N) is 1. The second-order valence-corrected chi connectivity index (χ2v) is 7.28. The van der Waals surface area contributed by atoms with Crippen molar-refractivity contribution in [3.05, 3.63) is 34.6 Å². The molecule has 0 aliphatic heterocycles. The van der Waals surface area contributed by atoms with Gasteiger partial charge in [0.1, 0.15) is 15.7 Å². The first-order valence-corrected chi connectivity index (χ1v) is 8.60. The molecule has 1 unspecified atom stereocenters. The van der Waals surface area contributed by atoms with E-state index in [0.717, 1.165) is 18.5 Å². The zero-order valence-corrected chi connectivity index (χ0v) is 12.7. The van der Waals surface area contributed by atoms with Gasteiger partial charge in [-0.15, -0.1) is 0 Å². The second-order valence-electron chi connectivity index (χ2n) is 4.68. The van der Waals surface area contributed by atoms with E-state index in [1.165, 1.54) is 18.4 Å². The number of hydrogen-bond donors (Lipinski definition) is 1. The lowest BCUT2D eigenvalue weighted by Gasteiger charge is -2.18. The molecule has 0 saturated carbocycles. The van der Waals surface area contributed by atoms with Crippen LogP contribution >= 0.6 is 11.6 Å². The van der Waals surface area contributed by atoms with Crippen LogP contribution in [-0.4, -0.2) is 33.0 Å². The molecule has 0 fully saturated rings. The lowest BCUT2D eigenvalue weighted by Crippen LogP contribution is -2.37. The molecule has 1 aromatic rings. The van der Waals surface area contributed by atoms with Gasteiger partial charge in [0.25, 0.3) is 0 Å². The van der Waals surface area contributed by atoms with Crippen LogP contribution in [0.4, 0.5) is 4.39 Å². The molecule has 108 valence electrons. The summed E-state index contributed by atoms with van der Waals surface area (Å²) >= 11 is 5.96. The van der Waals surface area contributed by atoms with Crippen LogP contribution in [0.1, 0.15) is 18.9 Å². The summed E-state index contributed by atoms with van der Waals surface area (Å²) in [4.78, 5) is 0. The molecular weight excluding hydrogens is 289 g/mol. The van der Waals surface area contributed by atoms with Crippen molar-refractivity contribution in [2.75, 3.05) is 18.6 Å². The van der Waals surface area contributed by atoms with E-state index in [0.29, 0.717) is 11.4 Å². The zero-order valence-electron chi connectivity index (χ0n) is 11.1. The molecule has 0 aliphatic carbocycles. The average molecular weight is 308 g/mol. The topological polar surface area (TPSA) is 46.2 Å². The van der Waals surface area contributed by atoms with E-state index < -0.39 is 15.7 Å². The minimum atomic E-state index is -3.07. The highest BCUT2D eigenvalue weighted by Crippen LogP contribution is 2.19. The van der Waals surface area contributed by atoms with E-state index in [2.05, 4.69) is 5.32 Å². The normalized spacial score (nSPS) is 13.5. The Balaban J connectivity index is 2.81. The lowest BCUT2D eigenvalue weighted by molar-refractivity contribution is 0.529. The second kappa shape index (κ2) is 7.22. The van der Waals surface area contributed by atoms with Gasteiger partial charge in [-0.25, -0.2) is 12.8 Å². The largest absolute Gasteiger partial charge is 0.313 e. The number of sulfone groups is 1. The maximum Gasteiger partial charge on any atom is 0.148 e. The molecule has 0 aromatic heterocycles. The van der Waals surface area contributed by atoms with Crippen LogP contribution in [0.3, 0.4) is 0 Å². The lowest BCUT2D eigenvalue weighted by atomic mass is 10.1. The molecule has 1 rings (SSSR count). The molecule has 19 heavy (non-hydrogen) atoms. The van der Waals surface area contributed by atoms with E-state index in [9.17, 15) is 12.8 Å². The van der Waals surface area contributed by atoms with Crippen molar-refractivity contribution < 1.29 is 12.8 Å². The van der Waals surface area contributed by atoms with Crippen LogP contribution in [0.25, 0.3) is 0 Å². The predicted molar refractivity (Wildman–Crippen MR) is 76.9 cm³/mol. The molecular formula is C13H19ClFNO2S. The van der Waals surface area contributed by atoms with Crippen LogP contribution in [-0.2, 0) is 16.3 Å². The maximum absolute atomic E-state index is 13.0. The molecule has 6 heteroatoms. The summed E-state index contributed by atoms with van der Waals surface area (Å²) in [5.74, 6) is -0.351. The Labute approximate surface area is 119 Å². The monoisotopic (exact) mass is 307 g/mol. The van der Waals surface area contributed by atoms with Crippen molar-refractivity contribution in [2.24, 2.45) is 0 Å². The molecule has 0 spiro atoms. The maximum atomic E-state index is 13.0. The average Bonchev–Trinajstić information content (AvgIpc) is 2.27. The third-order valence-electron chi connectivity index (χ3n) is 2.67. The van der Waals surface area contributed by atoms with Gasteiger partial charge in [-0.05, 0) is 37.1 Å². The Morgan fingerprint density at radius 2 is 2.11 bits per heavy atom. The summed E-state index contributed by atoms with van der Waals surface area (Å²) in [6.45, 7) is 2.74. The summed E-state index contributed by atoms with van der Waals surface area (Å²) in [6.07, 6.45) is 2.59. The van der Waals surface area contributed by atoms with Gasteiger partial charge in [0.2, 0.25) is 0 Å². The van der Waals surface area contributed by atoms with Crippen molar-refractivity contribution in [3.63, 3.8) is 0 Å². The van der Waals surface area contributed by atoms with E-state index in [4.69, 9.17) is 11.6 Å². The van der Waals surface area contributed by atoms with Gasteiger partial charge in [0.15, 0.2) is 0 Å². The summed E-state index contributed by atoms with van der Waals surface area (Å²) < 4.78 is 35.8. The highest BCUT2D eigenvalue weighted by Gasteiger charge is 2.16. The van der Waals surface area contributed by atoms with Gasteiger partial charge in [0.05, 0.1) is 5.75 Å². The van der Waals surface area contributed by atoms with Gasteiger partial charge < -0.3 is 5.32 Å². The molecule has 3 nitrogen and oxygen atoms in total. The van der Waals surface area contributed by atoms with Crippen LogP contribution in [0, 0.1) is 5.82 Å². The summed E-state index contributed by atoms with van der Waals surface area (Å²) in [5, 5.41) is 3.52. The van der Waals surface area contributed by atoms with Gasteiger partial charge in [-0.2, -0.15) is 0 Å². The summed E-state index contributed by atoms with van der Waals surface area (Å²) in [6, 6.07) is 3.96. The number of benzene rings is 1. The molecule has 0 saturated heterocycles. The van der Waals surface area contributed by atoms with Crippen molar-refractivity contribution in [1.82, 2.24) is 5.32 Å². The zero-order chi connectivity index (χ0) is 14.5. The van der Waals surface area contributed by atoms with Crippen LogP contribution in [0.15, 0.2) is 18.2 Å². The predicted octanol–water partition coefficient (Wildman–Crippen LogP) is 2.43. The van der Waals surface area contributed by atoms with Crippen molar-refractivity contribution in [1.29, 1.82) is 0 Å². The van der Waals surface area contributed by atoms with E-state index >= 15 is 0 Å². The third-order valence-corrected chi connectivity index (χ3v) is 4.03. The van der Waals surface area contributed by atoms with Crippen LogP contribution < -0.4 is 5.32 Å². The van der Waals surface area contributed by atoms with Crippen molar-refractivity contribution in [3.8, 4) is 0 Å².